The molecule has 1 atom stereocenters. The Labute approximate surface area is 52.7 Å². The molecular weight excluding hydrogens is 126 g/mol. The van der Waals surface area contributed by atoms with Crippen molar-refractivity contribution in [3.8, 4) is 0 Å². The Balaban J connectivity index is 2.58. The summed E-state index contributed by atoms with van der Waals surface area (Å²) in [7, 11) is 0. The normalized spacial score (nSPS) is 41.3. The third kappa shape index (κ3) is 1.61. The van der Waals surface area contributed by atoms with Gasteiger partial charge in [-0.1, -0.05) is 0 Å². The van der Waals surface area contributed by atoms with Gasteiger partial charge in [0.2, 0.25) is 0 Å². The quantitative estimate of drug-likeness (QED) is 0.532. The highest BCUT2D eigenvalue weighted by Crippen LogP contribution is 2.40. The Bertz CT molecular complexity index is 106. The summed E-state index contributed by atoms with van der Waals surface area (Å²) >= 11 is 0. The lowest BCUT2D eigenvalue weighted by atomic mass is 10.1. The highest BCUT2D eigenvalue weighted by molar-refractivity contribution is 4.95. The second kappa shape index (κ2) is 1.66. The molecule has 1 unspecified atom stereocenters. The summed E-state index contributed by atoms with van der Waals surface area (Å²) in [6, 6.07) is 0. The van der Waals surface area contributed by atoms with Crippen molar-refractivity contribution >= 4 is 0 Å². The molecule has 1 fully saturated rings. The van der Waals surface area contributed by atoms with E-state index in [1.807, 2.05) is 0 Å². The fourth-order valence-electron chi connectivity index (χ4n) is 1.07. The van der Waals surface area contributed by atoms with Crippen molar-refractivity contribution < 1.29 is 13.9 Å². The predicted molar refractivity (Wildman–Crippen MR) is 29.1 cm³/mol. The molecule has 0 bridgehead atoms. The molecule has 1 radical (unpaired) electrons. The molecule has 3 heteroatoms. The van der Waals surface area contributed by atoms with Crippen LogP contribution < -0.4 is 0 Å². The first-order valence-electron chi connectivity index (χ1n) is 2.87. The van der Waals surface area contributed by atoms with Gasteiger partial charge >= 0.3 is 0 Å². The van der Waals surface area contributed by atoms with Gasteiger partial charge in [0.25, 0.3) is 5.92 Å². The van der Waals surface area contributed by atoms with Gasteiger partial charge in [-0.2, -0.15) is 0 Å². The number of halogens is 2. The molecule has 0 amide bonds. The first-order valence-corrected chi connectivity index (χ1v) is 2.87. The Morgan fingerprint density at radius 2 is 1.89 bits per heavy atom. The minimum absolute atomic E-state index is 0.111. The van der Waals surface area contributed by atoms with E-state index < -0.39 is 17.9 Å². The third-order valence-corrected chi connectivity index (χ3v) is 1.54. The summed E-state index contributed by atoms with van der Waals surface area (Å²) < 4.78 is 24.5. The van der Waals surface area contributed by atoms with Crippen molar-refractivity contribution in [2.24, 2.45) is 0 Å². The number of alkyl halides is 2. The van der Waals surface area contributed by atoms with Crippen LogP contribution in [0.1, 0.15) is 19.3 Å². The van der Waals surface area contributed by atoms with Crippen molar-refractivity contribution in [1.29, 1.82) is 0 Å². The number of aliphatic hydroxyl groups is 1. The van der Waals surface area contributed by atoms with Crippen LogP contribution in [0, 0.1) is 6.92 Å². The highest BCUT2D eigenvalue weighted by Gasteiger charge is 2.45. The standard InChI is InChI=1S/C6H9F2O/c1-5(9)2-3-6(7,8)4-5/h9H,1-4H2. The van der Waals surface area contributed by atoms with Crippen LogP contribution in [0.15, 0.2) is 0 Å². The van der Waals surface area contributed by atoms with Crippen LogP contribution in [0.4, 0.5) is 8.78 Å². The Morgan fingerprint density at radius 1 is 1.33 bits per heavy atom. The van der Waals surface area contributed by atoms with Gasteiger partial charge in [0.05, 0.1) is 5.60 Å². The molecule has 1 rings (SSSR count). The minimum atomic E-state index is -2.68. The molecule has 0 saturated heterocycles. The molecule has 0 aromatic carbocycles. The largest absolute Gasteiger partial charge is 0.390 e. The molecule has 1 aliphatic rings. The molecule has 1 N–H and O–H groups in total. The lowest BCUT2D eigenvalue weighted by molar-refractivity contribution is -0.0182. The van der Waals surface area contributed by atoms with Gasteiger partial charge in [0.15, 0.2) is 0 Å². The lowest BCUT2D eigenvalue weighted by Gasteiger charge is -2.14. The second-order valence-electron chi connectivity index (χ2n) is 2.76. The maximum Gasteiger partial charge on any atom is 0.251 e. The van der Waals surface area contributed by atoms with Crippen LogP contribution in [-0.2, 0) is 0 Å². The van der Waals surface area contributed by atoms with Gasteiger partial charge in [-0.05, 0) is 13.3 Å². The topological polar surface area (TPSA) is 20.2 Å². The number of hydrogen-bond acceptors (Lipinski definition) is 1. The van der Waals surface area contributed by atoms with Crippen LogP contribution >= 0.6 is 0 Å². The van der Waals surface area contributed by atoms with Gasteiger partial charge in [-0.15, -0.1) is 0 Å². The van der Waals surface area contributed by atoms with Crippen molar-refractivity contribution in [3.05, 3.63) is 6.92 Å². The van der Waals surface area contributed by atoms with E-state index in [0.29, 0.717) is 0 Å². The van der Waals surface area contributed by atoms with Gasteiger partial charge < -0.3 is 5.11 Å². The average molecular weight is 135 g/mol. The van der Waals surface area contributed by atoms with E-state index >= 15 is 0 Å². The molecule has 1 aliphatic carbocycles. The van der Waals surface area contributed by atoms with Crippen molar-refractivity contribution in [2.45, 2.75) is 30.8 Å². The maximum absolute atomic E-state index is 12.2. The molecule has 0 spiro atoms. The molecule has 53 valence electrons. The first-order chi connectivity index (χ1) is 3.91. The van der Waals surface area contributed by atoms with Gasteiger partial charge in [0.1, 0.15) is 0 Å². The summed E-state index contributed by atoms with van der Waals surface area (Å²) in [4.78, 5) is 0. The van der Waals surface area contributed by atoms with Crippen LogP contribution in [0.3, 0.4) is 0 Å². The zero-order valence-corrected chi connectivity index (χ0v) is 5.03. The molecular formula is C6H9F2O. The van der Waals surface area contributed by atoms with Crippen molar-refractivity contribution in [1.82, 2.24) is 0 Å². The van der Waals surface area contributed by atoms with E-state index in [1.165, 1.54) is 0 Å². The summed E-state index contributed by atoms with van der Waals surface area (Å²) in [5.74, 6) is -2.68. The SMILES string of the molecule is [CH2]C1(O)CCC(F)(F)C1. The minimum Gasteiger partial charge on any atom is -0.390 e. The number of hydrogen-bond donors (Lipinski definition) is 1. The average Bonchev–Trinajstić information content (AvgIpc) is 1.78. The Kier molecular flexibility index (Phi) is 1.28. The fraction of sp³-hybridized carbons (Fsp3) is 0.833. The highest BCUT2D eigenvalue weighted by atomic mass is 19.3. The molecule has 1 saturated carbocycles. The lowest BCUT2D eigenvalue weighted by Crippen LogP contribution is -2.22. The third-order valence-electron chi connectivity index (χ3n) is 1.54. The van der Waals surface area contributed by atoms with Gasteiger partial charge in [-0.25, -0.2) is 8.78 Å². The Hall–Kier alpha value is -0.180. The van der Waals surface area contributed by atoms with Crippen LogP contribution in [-0.4, -0.2) is 16.6 Å². The van der Waals surface area contributed by atoms with Crippen LogP contribution in [0.25, 0.3) is 0 Å². The molecule has 0 aromatic rings. The van der Waals surface area contributed by atoms with E-state index in [4.69, 9.17) is 5.11 Å². The van der Waals surface area contributed by atoms with Crippen LogP contribution in [0.2, 0.25) is 0 Å². The summed E-state index contributed by atoms with van der Waals surface area (Å²) in [5, 5.41) is 8.94. The Morgan fingerprint density at radius 3 is 2.00 bits per heavy atom. The first kappa shape index (κ1) is 6.93. The van der Waals surface area contributed by atoms with Crippen molar-refractivity contribution in [2.75, 3.05) is 0 Å². The predicted octanol–water partition coefficient (Wildman–Crippen LogP) is 1.37. The van der Waals surface area contributed by atoms with E-state index in [1.54, 1.807) is 0 Å². The van der Waals surface area contributed by atoms with Crippen molar-refractivity contribution in [3.63, 3.8) is 0 Å². The maximum atomic E-state index is 12.2. The molecule has 1 nitrogen and oxygen atoms in total. The molecule has 0 aromatic heterocycles. The van der Waals surface area contributed by atoms with E-state index in [9.17, 15) is 8.78 Å². The smallest absolute Gasteiger partial charge is 0.251 e. The van der Waals surface area contributed by atoms with E-state index in [-0.39, 0.29) is 12.8 Å². The molecule has 0 heterocycles. The van der Waals surface area contributed by atoms with E-state index in [2.05, 4.69) is 6.92 Å². The van der Waals surface area contributed by atoms with E-state index in [0.717, 1.165) is 0 Å². The fourth-order valence-corrected chi connectivity index (χ4v) is 1.07. The second-order valence-corrected chi connectivity index (χ2v) is 2.76. The zero-order valence-electron chi connectivity index (χ0n) is 5.03. The summed E-state index contributed by atoms with van der Waals surface area (Å²) in [5.41, 5.74) is -1.37. The van der Waals surface area contributed by atoms with Gasteiger partial charge in [-0.3, -0.25) is 0 Å². The van der Waals surface area contributed by atoms with Crippen LogP contribution in [0.5, 0.6) is 0 Å². The molecule has 9 heavy (non-hydrogen) atoms. The van der Waals surface area contributed by atoms with Gasteiger partial charge in [0, 0.05) is 12.8 Å². The zero-order chi connectivity index (χ0) is 7.12. The summed E-state index contributed by atoms with van der Waals surface area (Å²) in [6.07, 6.45) is -0.604. The number of rotatable bonds is 0. The summed E-state index contributed by atoms with van der Waals surface area (Å²) in [6.45, 7) is 3.24. The molecule has 0 aliphatic heterocycles. The monoisotopic (exact) mass is 135 g/mol.